The van der Waals surface area contributed by atoms with Gasteiger partial charge in [0, 0.05) is 18.1 Å². The molecule has 1 heterocycles. The summed E-state index contributed by atoms with van der Waals surface area (Å²) >= 11 is 0. The van der Waals surface area contributed by atoms with Crippen LogP contribution in [0.4, 0.5) is 0 Å². The van der Waals surface area contributed by atoms with Crippen molar-refractivity contribution in [1.29, 1.82) is 0 Å². The third-order valence-electron chi connectivity index (χ3n) is 2.84. The monoisotopic (exact) mass is 188 g/mol. The molecule has 1 nitrogen and oxygen atoms in total. The molecule has 0 aromatic carbocycles. The Bertz CT molecular complexity index is 308. The quantitative estimate of drug-likeness (QED) is 0.575. The van der Waals surface area contributed by atoms with Gasteiger partial charge < -0.3 is 4.74 Å². The first-order valence-electron chi connectivity index (χ1n) is 5.33. The maximum Gasteiger partial charge on any atom is 0.0641 e. The van der Waals surface area contributed by atoms with Crippen LogP contribution in [0.1, 0.15) is 26.2 Å². The topological polar surface area (TPSA) is 9.23 Å². The highest BCUT2D eigenvalue weighted by Crippen LogP contribution is 2.27. The fourth-order valence-corrected chi connectivity index (χ4v) is 2.09. The number of allylic oxidation sites excluding steroid dienone is 3. The van der Waals surface area contributed by atoms with Gasteiger partial charge in [0.2, 0.25) is 0 Å². The van der Waals surface area contributed by atoms with Gasteiger partial charge in [-0.15, -0.1) is 5.92 Å². The van der Waals surface area contributed by atoms with Gasteiger partial charge in [-0.25, -0.2) is 0 Å². The van der Waals surface area contributed by atoms with Crippen molar-refractivity contribution in [2.45, 2.75) is 32.3 Å². The molecule has 1 fully saturated rings. The molecule has 0 amide bonds. The van der Waals surface area contributed by atoms with E-state index in [1.165, 1.54) is 12.8 Å². The third-order valence-corrected chi connectivity index (χ3v) is 2.84. The van der Waals surface area contributed by atoms with E-state index in [4.69, 9.17) is 4.74 Å². The first-order chi connectivity index (χ1) is 6.90. The average Bonchev–Trinajstić information content (AvgIpc) is 2.72. The zero-order valence-electron chi connectivity index (χ0n) is 8.62. The van der Waals surface area contributed by atoms with Gasteiger partial charge in [-0.3, -0.25) is 0 Å². The minimum absolute atomic E-state index is 0.457. The van der Waals surface area contributed by atoms with E-state index in [9.17, 15) is 0 Å². The summed E-state index contributed by atoms with van der Waals surface area (Å²) in [5, 5.41) is 0. The summed E-state index contributed by atoms with van der Waals surface area (Å²) in [6, 6.07) is 0. The van der Waals surface area contributed by atoms with Crippen LogP contribution in [0.25, 0.3) is 0 Å². The highest BCUT2D eigenvalue weighted by molar-refractivity contribution is 5.40. The van der Waals surface area contributed by atoms with Crippen LogP contribution in [0, 0.1) is 17.8 Å². The summed E-state index contributed by atoms with van der Waals surface area (Å²) in [6.07, 6.45) is 10.6. The normalized spacial score (nSPS) is 30.8. The van der Waals surface area contributed by atoms with Crippen LogP contribution in [-0.2, 0) is 4.74 Å². The number of ether oxygens (including phenoxy) is 1. The van der Waals surface area contributed by atoms with Gasteiger partial charge >= 0.3 is 0 Å². The molecule has 2 unspecified atom stereocenters. The molecule has 0 radical (unpaired) electrons. The Balaban J connectivity index is 1.95. The molecule has 1 aliphatic carbocycles. The van der Waals surface area contributed by atoms with Gasteiger partial charge in [0.15, 0.2) is 0 Å². The van der Waals surface area contributed by atoms with Crippen LogP contribution in [0.5, 0.6) is 0 Å². The lowest BCUT2D eigenvalue weighted by molar-refractivity contribution is 0.0795. The van der Waals surface area contributed by atoms with Crippen molar-refractivity contribution in [1.82, 2.24) is 0 Å². The summed E-state index contributed by atoms with van der Waals surface area (Å²) in [6.45, 7) is 2.82. The smallest absolute Gasteiger partial charge is 0.0641 e. The fraction of sp³-hybridized carbons (Fsp3) is 0.538. The molecule has 2 aliphatic rings. The van der Waals surface area contributed by atoms with Crippen molar-refractivity contribution >= 4 is 0 Å². The van der Waals surface area contributed by atoms with Crippen LogP contribution < -0.4 is 0 Å². The second-order valence-corrected chi connectivity index (χ2v) is 3.84. The Labute approximate surface area is 85.8 Å². The van der Waals surface area contributed by atoms with Gasteiger partial charge in [0.05, 0.1) is 6.10 Å². The largest absolute Gasteiger partial charge is 0.378 e. The Kier molecular flexibility index (Phi) is 3.06. The molecule has 1 aliphatic heterocycles. The summed E-state index contributed by atoms with van der Waals surface area (Å²) in [4.78, 5) is 0. The second-order valence-electron chi connectivity index (χ2n) is 3.84. The molecule has 14 heavy (non-hydrogen) atoms. The van der Waals surface area contributed by atoms with E-state index in [2.05, 4.69) is 30.1 Å². The van der Waals surface area contributed by atoms with E-state index in [0.29, 0.717) is 12.0 Å². The van der Waals surface area contributed by atoms with E-state index < -0.39 is 0 Å². The minimum Gasteiger partial charge on any atom is -0.378 e. The molecule has 1 saturated heterocycles. The molecular weight excluding hydrogens is 172 g/mol. The first kappa shape index (κ1) is 9.55. The predicted molar refractivity (Wildman–Crippen MR) is 57.8 cm³/mol. The van der Waals surface area contributed by atoms with E-state index in [1.807, 2.05) is 6.92 Å². The average molecular weight is 188 g/mol. The van der Waals surface area contributed by atoms with E-state index in [1.54, 1.807) is 0 Å². The van der Waals surface area contributed by atoms with Gasteiger partial charge in [-0.2, -0.15) is 0 Å². The van der Waals surface area contributed by atoms with Crippen LogP contribution >= 0.6 is 0 Å². The third kappa shape index (κ3) is 2.08. The molecule has 1 heteroatoms. The van der Waals surface area contributed by atoms with Crippen LogP contribution in [0.15, 0.2) is 23.8 Å². The molecule has 0 spiro atoms. The van der Waals surface area contributed by atoms with E-state index in [0.717, 1.165) is 18.6 Å². The fourth-order valence-electron chi connectivity index (χ4n) is 2.09. The van der Waals surface area contributed by atoms with Crippen molar-refractivity contribution in [3.63, 3.8) is 0 Å². The molecule has 2 atom stereocenters. The highest BCUT2D eigenvalue weighted by atomic mass is 16.5. The Hall–Kier alpha value is -1.00. The molecular formula is C13H16O. The maximum atomic E-state index is 5.67. The van der Waals surface area contributed by atoms with Crippen molar-refractivity contribution in [2.24, 2.45) is 5.92 Å². The Morgan fingerprint density at radius 1 is 1.50 bits per heavy atom. The minimum atomic E-state index is 0.457. The summed E-state index contributed by atoms with van der Waals surface area (Å²) in [5.74, 6) is 6.58. The molecule has 0 saturated carbocycles. The van der Waals surface area contributed by atoms with Gasteiger partial charge in [0.25, 0.3) is 0 Å². The zero-order valence-corrected chi connectivity index (χ0v) is 8.62. The lowest BCUT2D eigenvalue weighted by atomic mass is 9.91. The zero-order chi connectivity index (χ0) is 9.80. The first-order valence-corrected chi connectivity index (χ1v) is 5.33. The molecule has 0 bridgehead atoms. The summed E-state index contributed by atoms with van der Waals surface area (Å²) in [7, 11) is 0. The van der Waals surface area contributed by atoms with Gasteiger partial charge in [0.1, 0.15) is 0 Å². The van der Waals surface area contributed by atoms with Crippen molar-refractivity contribution < 1.29 is 4.74 Å². The number of hydrogen-bond donors (Lipinski definition) is 0. The molecule has 0 aromatic heterocycles. The van der Waals surface area contributed by atoms with Crippen molar-refractivity contribution in [3.05, 3.63) is 23.8 Å². The van der Waals surface area contributed by atoms with E-state index >= 15 is 0 Å². The molecule has 2 rings (SSSR count). The summed E-state index contributed by atoms with van der Waals surface area (Å²) < 4.78 is 5.67. The second kappa shape index (κ2) is 4.48. The number of hydrogen-bond acceptors (Lipinski definition) is 1. The summed E-state index contributed by atoms with van der Waals surface area (Å²) in [5.41, 5.74) is 1.15. The molecule has 0 aromatic rings. The Morgan fingerprint density at radius 3 is 3.00 bits per heavy atom. The SMILES string of the molecule is CC#CC1=CCC(C2CCCO2)C=C1. The lowest BCUT2D eigenvalue weighted by Gasteiger charge is -2.20. The number of rotatable bonds is 1. The van der Waals surface area contributed by atoms with Crippen molar-refractivity contribution in [3.8, 4) is 11.8 Å². The van der Waals surface area contributed by atoms with Crippen LogP contribution in [0.2, 0.25) is 0 Å². The van der Waals surface area contributed by atoms with Crippen LogP contribution in [-0.4, -0.2) is 12.7 Å². The maximum absolute atomic E-state index is 5.67. The Morgan fingerprint density at radius 2 is 2.43 bits per heavy atom. The van der Waals surface area contributed by atoms with E-state index in [-0.39, 0.29) is 0 Å². The highest BCUT2D eigenvalue weighted by Gasteiger charge is 2.24. The molecule has 74 valence electrons. The van der Waals surface area contributed by atoms with Crippen LogP contribution in [0.3, 0.4) is 0 Å². The molecule has 0 N–H and O–H groups in total. The van der Waals surface area contributed by atoms with Gasteiger partial charge in [-0.05, 0) is 26.2 Å². The predicted octanol–water partition coefficient (Wildman–Crippen LogP) is 2.69. The van der Waals surface area contributed by atoms with Crippen molar-refractivity contribution in [2.75, 3.05) is 6.61 Å². The lowest BCUT2D eigenvalue weighted by Crippen LogP contribution is -2.18. The standard InChI is InChI=1S/C13H16O/c1-2-4-11-6-8-12(9-7-11)13-5-3-10-14-13/h6-8,12-13H,3,5,9-10H2,1H3. The van der Waals surface area contributed by atoms with Gasteiger partial charge in [-0.1, -0.05) is 24.1 Å².